The molecule has 0 bridgehead atoms. The summed E-state index contributed by atoms with van der Waals surface area (Å²) in [5.41, 5.74) is 15.9. The number of rotatable bonds is 3. The van der Waals surface area contributed by atoms with Gasteiger partial charge in [0.05, 0.1) is 5.56 Å². The maximum atomic E-state index is 11.9. The Balaban J connectivity index is 2.06. The van der Waals surface area contributed by atoms with Gasteiger partial charge in [-0.25, -0.2) is 4.79 Å². The second-order valence-corrected chi connectivity index (χ2v) is 4.88. The van der Waals surface area contributed by atoms with E-state index < -0.39 is 5.97 Å². The van der Waals surface area contributed by atoms with E-state index in [9.17, 15) is 4.79 Å². The van der Waals surface area contributed by atoms with Gasteiger partial charge in [0, 0.05) is 11.4 Å². The van der Waals surface area contributed by atoms with Crippen molar-refractivity contribution in [3.63, 3.8) is 0 Å². The molecule has 0 amide bonds. The number of nitrogen functional groups attached to an aromatic ring is 2. The van der Waals surface area contributed by atoms with Crippen molar-refractivity contribution >= 4 is 17.3 Å². The molecule has 0 saturated carbocycles. The van der Waals surface area contributed by atoms with Gasteiger partial charge in [0.1, 0.15) is 6.61 Å². The van der Waals surface area contributed by atoms with Gasteiger partial charge in [-0.05, 0) is 48.7 Å². The van der Waals surface area contributed by atoms with Crippen LogP contribution in [0.3, 0.4) is 0 Å². The molecule has 0 saturated heterocycles. The van der Waals surface area contributed by atoms with Gasteiger partial charge in [-0.2, -0.15) is 0 Å². The summed E-state index contributed by atoms with van der Waals surface area (Å²) in [5.74, 6) is -0.428. The van der Waals surface area contributed by atoms with E-state index in [0.717, 1.165) is 5.56 Å². The molecule has 0 aromatic heterocycles. The molecule has 0 aliphatic rings. The number of esters is 1. The van der Waals surface area contributed by atoms with Crippen LogP contribution in [-0.4, -0.2) is 5.97 Å². The molecule has 0 spiro atoms. The predicted molar refractivity (Wildman–Crippen MR) is 80.3 cm³/mol. The Morgan fingerprint density at radius 1 is 1.00 bits per heavy atom. The Labute approximate surface area is 118 Å². The third kappa shape index (κ3) is 3.29. The van der Waals surface area contributed by atoms with Crippen LogP contribution in [0.5, 0.6) is 0 Å². The molecule has 2 aromatic carbocycles. The second-order valence-electron chi connectivity index (χ2n) is 4.88. The normalized spacial score (nSPS) is 10.3. The van der Waals surface area contributed by atoms with Crippen LogP contribution in [-0.2, 0) is 11.3 Å². The van der Waals surface area contributed by atoms with Crippen molar-refractivity contribution in [2.75, 3.05) is 11.5 Å². The molecule has 0 radical (unpaired) electrons. The molecule has 4 N–H and O–H groups in total. The van der Waals surface area contributed by atoms with E-state index >= 15 is 0 Å². The van der Waals surface area contributed by atoms with E-state index in [-0.39, 0.29) is 6.61 Å². The highest BCUT2D eigenvalue weighted by molar-refractivity contribution is 5.91. The first kappa shape index (κ1) is 13.9. The minimum atomic E-state index is -0.428. The average molecular weight is 270 g/mol. The summed E-state index contributed by atoms with van der Waals surface area (Å²) >= 11 is 0. The van der Waals surface area contributed by atoms with Crippen LogP contribution in [0, 0.1) is 13.8 Å². The molecule has 4 nitrogen and oxygen atoms in total. The average Bonchev–Trinajstić information content (AvgIpc) is 2.38. The molecule has 20 heavy (non-hydrogen) atoms. The third-order valence-corrected chi connectivity index (χ3v) is 3.15. The number of hydrogen-bond donors (Lipinski definition) is 2. The Morgan fingerprint density at radius 3 is 2.25 bits per heavy atom. The molecule has 0 atom stereocenters. The summed E-state index contributed by atoms with van der Waals surface area (Å²) in [6, 6.07) is 10.7. The molecule has 0 fully saturated rings. The van der Waals surface area contributed by atoms with Gasteiger partial charge in [0.2, 0.25) is 0 Å². The summed E-state index contributed by atoms with van der Waals surface area (Å²) < 4.78 is 5.27. The van der Waals surface area contributed by atoms with Crippen molar-refractivity contribution < 1.29 is 9.53 Å². The van der Waals surface area contributed by atoms with E-state index in [1.165, 1.54) is 11.1 Å². The van der Waals surface area contributed by atoms with E-state index in [1.54, 1.807) is 18.2 Å². The molecule has 0 aliphatic heterocycles. The summed E-state index contributed by atoms with van der Waals surface area (Å²) in [7, 11) is 0. The zero-order valence-electron chi connectivity index (χ0n) is 11.6. The van der Waals surface area contributed by atoms with Gasteiger partial charge < -0.3 is 16.2 Å². The van der Waals surface area contributed by atoms with E-state index in [2.05, 4.69) is 0 Å². The van der Waals surface area contributed by atoms with Crippen LogP contribution >= 0.6 is 0 Å². The molecule has 0 aliphatic carbocycles. The minimum Gasteiger partial charge on any atom is -0.457 e. The molecular formula is C16H18N2O2. The SMILES string of the molecule is Cc1ccc(COC(=O)c2cc(N)cc(N)c2)cc1C. The zero-order chi connectivity index (χ0) is 14.7. The first-order chi connectivity index (χ1) is 9.45. The van der Waals surface area contributed by atoms with Crippen LogP contribution in [0.15, 0.2) is 36.4 Å². The van der Waals surface area contributed by atoms with Gasteiger partial charge in [-0.1, -0.05) is 18.2 Å². The van der Waals surface area contributed by atoms with Crippen molar-refractivity contribution in [3.8, 4) is 0 Å². The largest absolute Gasteiger partial charge is 0.457 e. The van der Waals surface area contributed by atoms with Crippen molar-refractivity contribution in [2.24, 2.45) is 0 Å². The highest BCUT2D eigenvalue weighted by atomic mass is 16.5. The van der Waals surface area contributed by atoms with E-state index in [4.69, 9.17) is 16.2 Å². The van der Waals surface area contributed by atoms with Crippen molar-refractivity contribution in [2.45, 2.75) is 20.5 Å². The number of hydrogen-bond acceptors (Lipinski definition) is 4. The molecular weight excluding hydrogens is 252 g/mol. The van der Waals surface area contributed by atoms with Crippen LogP contribution in [0.1, 0.15) is 27.0 Å². The smallest absolute Gasteiger partial charge is 0.338 e. The Kier molecular flexibility index (Phi) is 3.94. The summed E-state index contributed by atoms with van der Waals surface area (Å²) in [4.78, 5) is 11.9. The lowest BCUT2D eigenvalue weighted by molar-refractivity contribution is 0.0473. The topological polar surface area (TPSA) is 78.3 Å². The number of ether oxygens (including phenoxy) is 1. The highest BCUT2D eigenvalue weighted by Crippen LogP contribution is 2.16. The second kappa shape index (κ2) is 5.65. The van der Waals surface area contributed by atoms with Crippen molar-refractivity contribution in [1.82, 2.24) is 0 Å². The van der Waals surface area contributed by atoms with Gasteiger partial charge >= 0.3 is 5.97 Å². The fraction of sp³-hybridized carbons (Fsp3) is 0.188. The molecule has 4 heteroatoms. The maximum Gasteiger partial charge on any atom is 0.338 e. The lowest BCUT2D eigenvalue weighted by atomic mass is 10.1. The number of anilines is 2. The third-order valence-electron chi connectivity index (χ3n) is 3.15. The Morgan fingerprint density at radius 2 is 1.65 bits per heavy atom. The standard InChI is InChI=1S/C16H18N2O2/c1-10-3-4-12(5-11(10)2)9-20-16(19)13-6-14(17)8-15(18)7-13/h3-8H,9,17-18H2,1-2H3. The van der Waals surface area contributed by atoms with Gasteiger partial charge in [-0.15, -0.1) is 0 Å². The van der Waals surface area contributed by atoms with E-state index in [1.807, 2.05) is 32.0 Å². The molecule has 2 aromatic rings. The molecule has 0 heterocycles. The predicted octanol–water partition coefficient (Wildman–Crippen LogP) is 2.82. The molecule has 0 unspecified atom stereocenters. The lowest BCUT2D eigenvalue weighted by Crippen LogP contribution is -2.07. The number of carbonyl (C=O) groups excluding carboxylic acids is 1. The van der Waals surface area contributed by atoms with Crippen molar-refractivity contribution in [1.29, 1.82) is 0 Å². The van der Waals surface area contributed by atoms with Crippen LogP contribution in [0.25, 0.3) is 0 Å². The first-order valence-corrected chi connectivity index (χ1v) is 6.35. The van der Waals surface area contributed by atoms with Gasteiger partial charge in [-0.3, -0.25) is 0 Å². The van der Waals surface area contributed by atoms with Crippen LogP contribution in [0.4, 0.5) is 11.4 Å². The fourth-order valence-corrected chi connectivity index (χ4v) is 1.92. The number of benzene rings is 2. The monoisotopic (exact) mass is 270 g/mol. The summed E-state index contributed by atoms with van der Waals surface area (Å²) in [5, 5.41) is 0. The zero-order valence-corrected chi connectivity index (χ0v) is 11.6. The number of nitrogens with two attached hydrogens (primary N) is 2. The lowest BCUT2D eigenvalue weighted by Gasteiger charge is -2.08. The summed E-state index contributed by atoms with van der Waals surface area (Å²) in [6.07, 6.45) is 0. The highest BCUT2D eigenvalue weighted by Gasteiger charge is 2.09. The maximum absolute atomic E-state index is 11.9. The van der Waals surface area contributed by atoms with Crippen LogP contribution in [0.2, 0.25) is 0 Å². The van der Waals surface area contributed by atoms with Gasteiger partial charge in [0.15, 0.2) is 0 Å². The van der Waals surface area contributed by atoms with E-state index in [0.29, 0.717) is 16.9 Å². The summed E-state index contributed by atoms with van der Waals surface area (Å²) in [6.45, 7) is 4.30. The molecule has 104 valence electrons. The van der Waals surface area contributed by atoms with Gasteiger partial charge in [0.25, 0.3) is 0 Å². The molecule has 2 rings (SSSR count). The Hall–Kier alpha value is -2.49. The number of carbonyl (C=O) groups is 1. The quantitative estimate of drug-likeness (QED) is 0.664. The van der Waals surface area contributed by atoms with Crippen molar-refractivity contribution in [3.05, 3.63) is 58.7 Å². The Bertz CT molecular complexity index is 631. The number of aryl methyl sites for hydroxylation is 2. The van der Waals surface area contributed by atoms with Crippen LogP contribution < -0.4 is 11.5 Å². The fourth-order valence-electron chi connectivity index (χ4n) is 1.92. The minimum absolute atomic E-state index is 0.231. The first-order valence-electron chi connectivity index (χ1n) is 6.35.